The number of nitrogens with one attached hydrogen (secondary N) is 2. The summed E-state index contributed by atoms with van der Waals surface area (Å²) in [7, 11) is 1.65. The highest BCUT2D eigenvalue weighted by molar-refractivity contribution is 7.10. The van der Waals surface area contributed by atoms with Gasteiger partial charge < -0.3 is 16.4 Å². The third kappa shape index (κ3) is 10.8. The van der Waals surface area contributed by atoms with Crippen LogP contribution in [0.5, 0.6) is 0 Å². The average Bonchev–Trinajstić information content (AvgIpc) is 3.63. The highest BCUT2D eigenvalue weighted by Crippen LogP contribution is 2.48. The fraction of sp³-hybridized carbons (Fsp3) is 0.333. The first-order valence-corrected chi connectivity index (χ1v) is 15.9. The number of aromatic nitrogens is 1. The molecule has 47 heavy (non-hydrogen) atoms. The Labute approximate surface area is 279 Å². The highest BCUT2D eigenvalue weighted by Gasteiger charge is 2.48. The zero-order valence-corrected chi connectivity index (χ0v) is 28.6. The van der Waals surface area contributed by atoms with Crippen molar-refractivity contribution in [2.45, 2.75) is 66.3 Å². The molecule has 0 saturated heterocycles. The van der Waals surface area contributed by atoms with Gasteiger partial charge in [0.2, 0.25) is 5.91 Å². The number of carbonyl (C=O) groups excluding carboxylic acids is 3. The number of nitrogens with zero attached hydrogens (tertiary/aromatic N) is 2. The summed E-state index contributed by atoms with van der Waals surface area (Å²) in [6, 6.07) is 9.53. The van der Waals surface area contributed by atoms with E-state index < -0.39 is 23.1 Å². The lowest BCUT2D eigenvalue weighted by Gasteiger charge is -2.22. The van der Waals surface area contributed by atoms with E-state index in [1.165, 1.54) is 30.3 Å². The van der Waals surface area contributed by atoms with E-state index in [0.717, 1.165) is 11.1 Å². The molecule has 1 saturated carbocycles. The van der Waals surface area contributed by atoms with E-state index in [-0.39, 0.29) is 30.1 Å². The zero-order chi connectivity index (χ0) is 35.1. The van der Waals surface area contributed by atoms with Gasteiger partial charge in [0.1, 0.15) is 5.94 Å². The van der Waals surface area contributed by atoms with Gasteiger partial charge in [0.25, 0.3) is 5.91 Å². The zero-order valence-electron chi connectivity index (χ0n) is 27.8. The number of hydrogen-bond donors (Lipinski definition) is 3. The van der Waals surface area contributed by atoms with Gasteiger partial charge in [0.05, 0.1) is 24.2 Å². The predicted octanol–water partition coefficient (Wildman–Crippen LogP) is 6.14. The third-order valence-electron chi connectivity index (χ3n) is 6.91. The summed E-state index contributed by atoms with van der Waals surface area (Å²) in [5.74, 6) is 4.48. The van der Waals surface area contributed by atoms with Crippen molar-refractivity contribution in [1.29, 1.82) is 0 Å². The third-order valence-corrected chi connectivity index (χ3v) is 7.60. The van der Waals surface area contributed by atoms with Gasteiger partial charge in [-0.25, -0.2) is 18.6 Å². The molecule has 1 heterocycles. The number of rotatable bonds is 8. The van der Waals surface area contributed by atoms with Gasteiger partial charge in [-0.2, -0.15) is 0 Å². The SMILES string of the molecule is CC.CC(N)=C=O.CN=C(C)C(=C(C)C)c1cc(F)c(F)c(C2(NC(=O)c3ccccc3CC(=O)NCC#Cc3nccs3)CC2)c1. The Morgan fingerprint density at radius 1 is 1.11 bits per heavy atom. The molecule has 1 aliphatic rings. The maximum absolute atomic E-state index is 15.2. The quantitative estimate of drug-likeness (QED) is 0.152. The first-order valence-electron chi connectivity index (χ1n) is 15.1. The summed E-state index contributed by atoms with van der Waals surface area (Å²) in [5.41, 5.74) is 7.72. The normalized spacial score (nSPS) is 12.3. The number of amides is 2. The lowest BCUT2D eigenvalue weighted by atomic mass is 9.92. The molecule has 11 heteroatoms. The molecule has 248 valence electrons. The number of nitrogens with two attached hydrogens (primary N) is 1. The number of thiazole rings is 1. The molecule has 0 atom stereocenters. The first kappa shape index (κ1) is 38.3. The van der Waals surface area contributed by atoms with Gasteiger partial charge in [0, 0.05) is 41.0 Å². The molecule has 2 amide bonds. The molecule has 0 bridgehead atoms. The van der Waals surface area contributed by atoms with Gasteiger partial charge in [-0.15, -0.1) is 11.3 Å². The number of benzene rings is 2. The Bertz CT molecular complexity index is 1740. The standard InChI is InChI=1S/C31H30F2N4O2S.C3H5NO.C2H6/c1-19(2)28(20(3)34-4)22-16-24(29(33)25(32)17-22)31(11-12-31)37-30(39)23-9-6-5-8-21(23)18-26(38)35-13-7-10-27-36-14-15-40-27;1-3(4)2-5;1-2/h5-6,8-9,14-17H,11-13,18H2,1-4H3,(H,35,38)(H,37,39);4H2,1H3;1-2H3. The first-order chi connectivity index (χ1) is 22.4. The van der Waals surface area contributed by atoms with Crippen molar-refractivity contribution < 1.29 is 23.2 Å². The Hall–Kier alpha value is -4.91. The van der Waals surface area contributed by atoms with Crippen LogP contribution >= 0.6 is 11.3 Å². The Morgan fingerprint density at radius 3 is 2.32 bits per heavy atom. The predicted molar refractivity (Wildman–Crippen MR) is 185 cm³/mol. The minimum Gasteiger partial charge on any atom is -0.393 e. The summed E-state index contributed by atoms with van der Waals surface area (Å²) in [6.45, 7) is 11.2. The molecule has 0 radical (unpaired) electrons. The fourth-order valence-electron chi connectivity index (χ4n) is 4.60. The van der Waals surface area contributed by atoms with Gasteiger partial charge in [-0.05, 0) is 75.8 Å². The van der Waals surface area contributed by atoms with Gasteiger partial charge in [0.15, 0.2) is 16.6 Å². The van der Waals surface area contributed by atoms with Crippen LogP contribution in [0.4, 0.5) is 8.78 Å². The van der Waals surface area contributed by atoms with Crippen LogP contribution in [0.25, 0.3) is 5.57 Å². The van der Waals surface area contributed by atoms with Crippen molar-refractivity contribution >= 4 is 40.4 Å². The number of allylic oxidation sites excluding steroid dienone is 3. The topological polar surface area (TPSA) is 127 Å². The molecule has 4 rings (SSSR count). The molecule has 0 aliphatic heterocycles. The van der Waals surface area contributed by atoms with Crippen molar-refractivity contribution in [1.82, 2.24) is 15.6 Å². The molecule has 2 aromatic carbocycles. The smallest absolute Gasteiger partial charge is 0.252 e. The summed E-state index contributed by atoms with van der Waals surface area (Å²) < 4.78 is 30.0. The molecule has 4 N–H and O–H groups in total. The molecule has 0 spiro atoms. The molecular formula is C36H41F2N5O3S. The summed E-state index contributed by atoms with van der Waals surface area (Å²) in [6.07, 6.45) is 2.55. The van der Waals surface area contributed by atoms with Crippen LogP contribution in [0.1, 0.15) is 86.4 Å². The molecule has 8 nitrogen and oxygen atoms in total. The van der Waals surface area contributed by atoms with E-state index in [9.17, 15) is 18.8 Å². The van der Waals surface area contributed by atoms with Crippen LogP contribution in [0, 0.1) is 23.5 Å². The largest absolute Gasteiger partial charge is 0.393 e. The minimum atomic E-state index is -1.04. The second kappa shape index (κ2) is 18.3. The van der Waals surface area contributed by atoms with Crippen molar-refractivity contribution in [2.24, 2.45) is 10.7 Å². The van der Waals surface area contributed by atoms with Crippen molar-refractivity contribution in [3.05, 3.63) is 98.1 Å². The monoisotopic (exact) mass is 661 g/mol. The Morgan fingerprint density at radius 2 is 1.77 bits per heavy atom. The maximum Gasteiger partial charge on any atom is 0.252 e. The van der Waals surface area contributed by atoms with E-state index in [1.807, 2.05) is 40.0 Å². The maximum atomic E-state index is 15.2. The van der Waals surface area contributed by atoms with Crippen LogP contribution in [-0.2, 0) is 21.5 Å². The van der Waals surface area contributed by atoms with E-state index >= 15 is 4.39 Å². The number of aliphatic imine (C=N–C) groups is 1. The van der Waals surface area contributed by atoms with E-state index in [0.29, 0.717) is 40.3 Å². The number of carbonyl (C=O) groups is 2. The van der Waals surface area contributed by atoms with Gasteiger partial charge in [-0.1, -0.05) is 43.5 Å². The van der Waals surface area contributed by atoms with Crippen LogP contribution in [0.15, 0.2) is 64.2 Å². The summed E-state index contributed by atoms with van der Waals surface area (Å²) >= 11 is 1.41. The molecule has 0 unspecified atom stereocenters. The van der Waals surface area contributed by atoms with Crippen molar-refractivity contribution in [3.8, 4) is 11.8 Å². The lowest BCUT2D eigenvalue weighted by molar-refractivity contribution is -0.120. The van der Waals surface area contributed by atoms with Gasteiger partial charge >= 0.3 is 0 Å². The van der Waals surface area contributed by atoms with Crippen molar-refractivity contribution in [3.63, 3.8) is 0 Å². The number of halogens is 2. The van der Waals surface area contributed by atoms with Crippen LogP contribution < -0.4 is 16.4 Å². The molecule has 3 aromatic rings. The highest BCUT2D eigenvalue weighted by atomic mass is 32.1. The fourth-order valence-corrected chi connectivity index (χ4v) is 5.11. The molecule has 1 fully saturated rings. The summed E-state index contributed by atoms with van der Waals surface area (Å²) in [5, 5.41) is 8.15. The van der Waals surface area contributed by atoms with E-state index in [4.69, 9.17) is 5.73 Å². The Kier molecular flexibility index (Phi) is 14.9. The van der Waals surface area contributed by atoms with Crippen LogP contribution in [0.2, 0.25) is 0 Å². The van der Waals surface area contributed by atoms with E-state index in [1.54, 1.807) is 43.6 Å². The van der Waals surface area contributed by atoms with Gasteiger partial charge in [-0.3, -0.25) is 14.6 Å². The summed E-state index contributed by atoms with van der Waals surface area (Å²) in [4.78, 5) is 43.5. The second-order valence-electron chi connectivity index (χ2n) is 10.6. The van der Waals surface area contributed by atoms with Crippen LogP contribution in [0.3, 0.4) is 0 Å². The number of hydrogen-bond acceptors (Lipinski definition) is 7. The molecule has 1 aromatic heterocycles. The average molecular weight is 662 g/mol. The molecular weight excluding hydrogens is 620 g/mol. The van der Waals surface area contributed by atoms with E-state index in [2.05, 4.69) is 32.5 Å². The van der Waals surface area contributed by atoms with Crippen LogP contribution in [-0.4, -0.2) is 42.0 Å². The lowest BCUT2D eigenvalue weighted by Crippen LogP contribution is -2.36. The minimum absolute atomic E-state index is 0.0342. The Balaban J connectivity index is 0.00000100. The second-order valence-corrected chi connectivity index (χ2v) is 11.5. The molecule has 1 aliphatic carbocycles. The van der Waals surface area contributed by atoms with Crippen molar-refractivity contribution in [2.75, 3.05) is 13.6 Å².